The molecule has 0 unspecified atom stereocenters. The highest BCUT2D eigenvalue weighted by molar-refractivity contribution is 6.35. The summed E-state index contributed by atoms with van der Waals surface area (Å²) in [7, 11) is 0. The number of hydrazone groups is 1. The Morgan fingerprint density at radius 3 is 2.32 bits per heavy atom. The van der Waals surface area contributed by atoms with Crippen LogP contribution in [0.15, 0.2) is 59.7 Å². The van der Waals surface area contributed by atoms with Crippen molar-refractivity contribution in [3.8, 4) is 0 Å². The lowest BCUT2D eigenvalue weighted by molar-refractivity contribution is -0.384. The van der Waals surface area contributed by atoms with Gasteiger partial charge in [0.2, 0.25) is 0 Å². The number of amides is 2. The van der Waals surface area contributed by atoms with Gasteiger partial charge in [-0.1, -0.05) is 30.3 Å². The van der Waals surface area contributed by atoms with Crippen LogP contribution >= 0.6 is 0 Å². The molecule has 0 saturated heterocycles. The van der Waals surface area contributed by atoms with Gasteiger partial charge in [-0.3, -0.25) is 19.7 Å². The maximum atomic E-state index is 11.8. The molecule has 0 aliphatic heterocycles. The Morgan fingerprint density at radius 1 is 1.08 bits per heavy atom. The summed E-state index contributed by atoms with van der Waals surface area (Å²) < 4.78 is 0. The first-order valence-corrected chi connectivity index (χ1v) is 7.40. The Bertz CT molecular complexity index is 788. The van der Waals surface area contributed by atoms with Crippen molar-refractivity contribution < 1.29 is 14.5 Å². The molecular formula is C17H16N4O4. The number of nitro benzene ring substituents is 1. The first-order valence-electron chi connectivity index (χ1n) is 7.40. The van der Waals surface area contributed by atoms with Crippen LogP contribution in [0, 0.1) is 10.1 Å². The van der Waals surface area contributed by atoms with Gasteiger partial charge in [-0.15, -0.1) is 0 Å². The third-order valence-electron chi connectivity index (χ3n) is 3.34. The molecule has 0 bridgehead atoms. The summed E-state index contributed by atoms with van der Waals surface area (Å²) in [6.07, 6.45) is 1.29. The van der Waals surface area contributed by atoms with Crippen LogP contribution in [0.5, 0.6) is 0 Å². The smallest absolute Gasteiger partial charge is 0.329 e. The van der Waals surface area contributed by atoms with E-state index in [4.69, 9.17) is 0 Å². The summed E-state index contributed by atoms with van der Waals surface area (Å²) >= 11 is 0. The van der Waals surface area contributed by atoms with Crippen molar-refractivity contribution >= 4 is 23.7 Å². The van der Waals surface area contributed by atoms with E-state index in [0.29, 0.717) is 5.56 Å². The number of benzene rings is 2. The van der Waals surface area contributed by atoms with Gasteiger partial charge in [-0.2, -0.15) is 5.10 Å². The third-order valence-corrected chi connectivity index (χ3v) is 3.34. The molecule has 0 aliphatic rings. The molecule has 0 saturated carbocycles. The highest BCUT2D eigenvalue weighted by Crippen LogP contribution is 2.11. The van der Waals surface area contributed by atoms with E-state index < -0.39 is 16.7 Å². The predicted octanol–water partition coefficient (Wildman–Crippen LogP) is 1.92. The Labute approximate surface area is 143 Å². The van der Waals surface area contributed by atoms with Gasteiger partial charge in [-0.25, -0.2) is 5.43 Å². The van der Waals surface area contributed by atoms with Gasteiger partial charge < -0.3 is 5.32 Å². The Hall–Kier alpha value is -3.55. The number of nitrogens with zero attached hydrogens (tertiary/aromatic N) is 2. The molecule has 2 amide bonds. The van der Waals surface area contributed by atoms with Crippen LogP contribution < -0.4 is 10.7 Å². The van der Waals surface area contributed by atoms with Crippen LogP contribution in [0.25, 0.3) is 0 Å². The highest BCUT2D eigenvalue weighted by Gasteiger charge is 2.16. The Morgan fingerprint density at radius 2 is 1.72 bits per heavy atom. The molecule has 0 aliphatic carbocycles. The molecule has 2 N–H and O–H groups in total. The van der Waals surface area contributed by atoms with E-state index in [1.807, 2.05) is 30.3 Å². The van der Waals surface area contributed by atoms with Gasteiger partial charge in [-0.05, 0) is 30.2 Å². The van der Waals surface area contributed by atoms with E-state index in [1.54, 1.807) is 6.92 Å². The summed E-state index contributed by atoms with van der Waals surface area (Å²) in [6, 6.07) is 14.5. The second kappa shape index (κ2) is 8.34. The van der Waals surface area contributed by atoms with Crippen LogP contribution in [0.2, 0.25) is 0 Å². The number of nitro groups is 1. The molecule has 2 rings (SSSR count). The first-order chi connectivity index (χ1) is 12.0. The molecule has 2 aromatic carbocycles. The molecule has 1 atom stereocenters. The number of hydrogen-bond acceptors (Lipinski definition) is 5. The monoisotopic (exact) mass is 340 g/mol. The van der Waals surface area contributed by atoms with Crippen molar-refractivity contribution in [2.45, 2.75) is 13.0 Å². The van der Waals surface area contributed by atoms with Crippen molar-refractivity contribution in [3.05, 3.63) is 75.8 Å². The van der Waals surface area contributed by atoms with Crippen molar-refractivity contribution in [3.63, 3.8) is 0 Å². The van der Waals surface area contributed by atoms with Gasteiger partial charge in [0.05, 0.1) is 17.2 Å². The number of nitrogens with one attached hydrogen (secondary N) is 2. The number of rotatable bonds is 5. The molecule has 0 heterocycles. The minimum absolute atomic E-state index is 0.0459. The summed E-state index contributed by atoms with van der Waals surface area (Å²) in [5.74, 6) is -1.71. The quantitative estimate of drug-likeness (QED) is 0.374. The number of carbonyl (C=O) groups is 2. The normalized spacial score (nSPS) is 11.7. The topological polar surface area (TPSA) is 114 Å². The minimum Gasteiger partial charge on any atom is -0.341 e. The van der Waals surface area contributed by atoms with Gasteiger partial charge in [0.1, 0.15) is 0 Å². The largest absolute Gasteiger partial charge is 0.341 e. The Kier molecular flexibility index (Phi) is 5.94. The standard InChI is InChI=1S/C17H16N4O4/c1-12(14-5-3-2-4-6-14)19-16(22)17(23)20-18-11-13-7-9-15(10-8-13)21(24)25/h2-12H,1H3,(H,19,22)(H,20,23)/b18-11-/t12-/m1/s1. The van der Waals surface area contributed by atoms with E-state index in [1.165, 1.54) is 30.5 Å². The number of carbonyl (C=O) groups excluding carboxylic acids is 2. The van der Waals surface area contributed by atoms with E-state index >= 15 is 0 Å². The molecule has 25 heavy (non-hydrogen) atoms. The summed E-state index contributed by atoms with van der Waals surface area (Å²) in [6.45, 7) is 1.76. The van der Waals surface area contributed by atoms with Gasteiger partial charge in [0, 0.05) is 12.1 Å². The zero-order chi connectivity index (χ0) is 18.2. The lowest BCUT2D eigenvalue weighted by atomic mass is 10.1. The zero-order valence-corrected chi connectivity index (χ0v) is 13.4. The second-order valence-corrected chi connectivity index (χ2v) is 5.15. The van der Waals surface area contributed by atoms with Gasteiger partial charge >= 0.3 is 11.8 Å². The molecule has 2 aromatic rings. The first kappa shape index (κ1) is 17.8. The molecular weight excluding hydrogens is 324 g/mol. The lowest BCUT2D eigenvalue weighted by Gasteiger charge is -2.13. The van der Waals surface area contributed by atoms with Crippen molar-refractivity contribution in [2.24, 2.45) is 5.10 Å². The maximum Gasteiger partial charge on any atom is 0.329 e. The van der Waals surface area contributed by atoms with Crippen molar-refractivity contribution in [1.29, 1.82) is 0 Å². The maximum absolute atomic E-state index is 11.8. The van der Waals surface area contributed by atoms with E-state index in [0.717, 1.165) is 5.56 Å². The molecule has 8 nitrogen and oxygen atoms in total. The lowest BCUT2D eigenvalue weighted by Crippen LogP contribution is -2.39. The molecule has 0 fully saturated rings. The number of hydrogen-bond donors (Lipinski definition) is 2. The molecule has 0 radical (unpaired) electrons. The van der Waals surface area contributed by atoms with Crippen LogP contribution in [-0.4, -0.2) is 23.0 Å². The molecule has 128 valence electrons. The van der Waals surface area contributed by atoms with Gasteiger partial charge in [0.15, 0.2) is 0 Å². The molecule has 8 heteroatoms. The second-order valence-electron chi connectivity index (χ2n) is 5.15. The fourth-order valence-corrected chi connectivity index (χ4v) is 1.99. The summed E-state index contributed by atoms with van der Waals surface area (Å²) in [5, 5.41) is 16.8. The van der Waals surface area contributed by atoms with Crippen molar-refractivity contribution in [2.75, 3.05) is 0 Å². The highest BCUT2D eigenvalue weighted by atomic mass is 16.6. The number of non-ortho nitro benzene ring substituents is 1. The van der Waals surface area contributed by atoms with Crippen LogP contribution in [0.1, 0.15) is 24.1 Å². The van der Waals surface area contributed by atoms with Crippen LogP contribution in [0.3, 0.4) is 0 Å². The zero-order valence-electron chi connectivity index (χ0n) is 13.4. The van der Waals surface area contributed by atoms with Crippen molar-refractivity contribution in [1.82, 2.24) is 10.7 Å². The summed E-state index contributed by atoms with van der Waals surface area (Å²) in [5.41, 5.74) is 3.48. The molecule has 0 aromatic heterocycles. The minimum atomic E-state index is -0.902. The molecule has 0 spiro atoms. The average molecular weight is 340 g/mol. The average Bonchev–Trinajstić information content (AvgIpc) is 2.62. The third kappa shape index (κ3) is 5.24. The van der Waals surface area contributed by atoms with E-state index in [-0.39, 0.29) is 11.7 Å². The Balaban J connectivity index is 1.86. The fraction of sp³-hybridized carbons (Fsp3) is 0.118. The summed E-state index contributed by atoms with van der Waals surface area (Å²) in [4.78, 5) is 33.6. The SMILES string of the molecule is C[C@@H](NC(=O)C(=O)N/N=C\c1ccc([N+](=O)[O-])cc1)c1ccccc1. The van der Waals surface area contributed by atoms with E-state index in [2.05, 4.69) is 15.8 Å². The van der Waals surface area contributed by atoms with Crippen LogP contribution in [0.4, 0.5) is 5.69 Å². The van der Waals surface area contributed by atoms with Crippen LogP contribution in [-0.2, 0) is 9.59 Å². The fourth-order valence-electron chi connectivity index (χ4n) is 1.99. The van der Waals surface area contributed by atoms with Gasteiger partial charge in [0.25, 0.3) is 5.69 Å². The van der Waals surface area contributed by atoms with E-state index in [9.17, 15) is 19.7 Å². The predicted molar refractivity (Wildman–Crippen MR) is 91.8 cm³/mol.